The molecule has 0 radical (unpaired) electrons. The number of hydrogen-bond donors (Lipinski definition) is 1. The number of hydrogen-bond acceptors (Lipinski definition) is 4. The highest BCUT2D eigenvalue weighted by molar-refractivity contribution is 5.73. The van der Waals surface area contributed by atoms with Gasteiger partial charge in [-0.2, -0.15) is 13.2 Å². The molecule has 1 N–H and O–H groups in total. The summed E-state index contributed by atoms with van der Waals surface area (Å²) in [4.78, 5) is 11.4. The number of rotatable bonds is 6. The van der Waals surface area contributed by atoms with Crippen LogP contribution in [0.3, 0.4) is 0 Å². The van der Waals surface area contributed by atoms with Gasteiger partial charge >= 0.3 is 12.1 Å². The van der Waals surface area contributed by atoms with Gasteiger partial charge in [-0.25, -0.2) is 4.79 Å². The van der Waals surface area contributed by atoms with Crippen molar-refractivity contribution < 1.29 is 32.5 Å². The minimum atomic E-state index is -5.08. The highest BCUT2D eigenvalue weighted by Gasteiger charge is 2.38. The Morgan fingerprint density at radius 1 is 1.17 bits per heavy atom. The average Bonchev–Trinajstić information content (AvgIpc) is 3.05. The Morgan fingerprint density at radius 3 is 2.40 bits per heavy atom. The lowest BCUT2D eigenvalue weighted by Crippen LogP contribution is -2.28. The van der Waals surface area contributed by atoms with Crippen molar-refractivity contribution in [3.8, 4) is 5.75 Å². The molecule has 1 aliphatic rings. The Kier molecular flexibility index (Phi) is 8.73. The minimum Gasteiger partial charge on any atom is -0.497 e. The topological polar surface area (TPSA) is 63.9 Å². The largest absolute Gasteiger partial charge is 0.497 e. The molecule has 1 atom stereocenters. The molecule has 0 spiro atoms. The SMILES string of the molecule is COCCC1CN(Cc2ccc(OC)cc2)Cc2cccn2C1.O=C(O)C(F)(F)F. The van der Waals surface area contributed by atoms with Gasteiger partial charge < -0.3 is 19.1 Å². The summed E-state index contributed by atoms with van der Waals surface area (Å²) in [5.74, 6) is -1.22. The van der Waals surface area contributed by atoms with Gasteiger partial charge in [0.15, 0.2) is 0 Å². The number of ether oxygens (including phenoxy) is 2. The van der Waals surface area contributed by atoms with E-state index in [1.165, 1.54) is 11.3 Å². The number of fused-ring (bicyclic) bond motifs is 1. The Balaban J connectivity index is 0.000000396. The molecule has 6 nitrogen and oxygen atoms in total. The zero-order chi connectivity index (χ0) is 22.1. The van der Waals surface area contributed by atoms with Crippen LogP contribution >= 0.6 is 0 Å². The number of nitrogens with zero attached hydrogens (tertiary/aromatic N) is 2. The Morgan fingerprint density at radius 2 is 1.83 bits per heavy atom. The van der Waals surface area contributed by atoms with Gasteiger partial charge in [-0.15, -0.1) is 0 Å². The van der Waals surface area contributed by atoms with E-state index >= 15 is 0 Å². The van der Waals surface area contributed by atoms with Gasteiger partial charge in [0.25, 0.3) is 0 Å². The van der Waals surface area contributed by atoms with Gasteiger partial charge in [0.2, 0.25) is 0 Å². The van der Waals surface area contributed by atoms with Crippen LogP contribution in [0, 0.1) is 5.92 Å². The van der Waals surface area contributed by atoms with Crippen molar-refractivity contribution >= 4 is 5.97 Å². The van der Waals surface area contributed by atoms with Gasteiger partial charge in [-0.3, -0.25) is 4.90 Å². The van der Waals surface area contributed by atoms with Crippen molar-refractivity contribution in [3.63, 3.8) is 0 Å². The number of carboxylic acids is 1. The summed E-state index contributed by atoms with van der Waals surface area (Å²) in [6.45, 7) is 5.00. The third kappa shape index (κ3) is 7.38. The van der Waals surface area contributed by atoms with Crippen molar-refractivity contribution in [3.05, 3.63) is 53.9 Å². The van der Waals surface area contributed by atoms with Gasteiger partial charge in [-0.1, -0.05) is 12.1 Å². The lowest BCUT2D eigenvalue weighted by molar-refractivity contribution is -0.192. The van der Waals surface area contributed by atoms with E-state index in [0.717, 1.165) is 45.0 Å². The minimum absolute atomic E-state index is 0.627. The number of carbonyl (C=O) groups is 1. The monoisotopic (exact) mass is 428 g/mol. The van der Waals surface area contributed by atoms with Crippen LogP contribution in [-0.4, -0.2) is 54.1 Å². The molecule has 2 aromatic rings. The summed E-state index contributed by atoms with van der Waals surface area (Å²) >= 11 is 0. The lowest BCUT2D eigenvalue weighted by atomic mass is 10.1. The van der Waals surface area contributed by atoms with Crippen LogP contribution < -0.4 is 4.74 Å². The maximum Gasteiger partial charge on any atom is 0.490 e. The van der Waals surface area contributed by atoms with E-state index in [2.05, 4.69) is 39.9 Å². The number of methoxy groups -OCH3 is 2. The van der Waals surface area contributed by atoms with E-state index in [-0.39, 0.29) is 0 Å². The van der Waals surface area contributed by atoms with Crippen LogP contribution in [0.4, 0.5) is 13.2 Å². The quantitative estimate of drug-likeness (QED) is 0.758. The number of aromatic nitrogens is 1. The van der Waals surface area contributed by atoms with E-state index in [9.17, 15) is 13.2 Å². The Hall–Kier alpha value is -2.52. The van der Waals surface area contributed by atoms with E-state index in [1.54, 1.807) is 14.2 Å². The van der Waals surface area contributed by atoms with Crippen molar-refractivity contribution in [1.82, 2.24) is 9.47 Å². The van der Waals surface area contributed by atoms with Crippen LogP contribution in [-0.2, 0) is 29.2 Å². The fourth-order valence-electron chi connectivity index (χ4n) is 3.34. The molecule has 1 aliphatic heterocycles. The average molecular weight is 428 g/mol. The molecular formula is C21H27F3N2O4. The highest BCUT2D eigenvalue weighted by Crippen LogP contribution is 2.22. The number of alkyl halides is 3. The van der Waals surface area contributed by atoms with Crippen LogP contribution in [0.5, 0.6) is 5.75 Å². The Bertz CT molecular complexity index is 790. The number of carboxylic acid groups (broad SMARTS) is 1. The summed E-state index contributed by atoms with van der Waals surface area (Å²) < 4.78 is 44.7. The van der Waals surface area contributed by atoms with E-state index in [4.69, 9.17) is 19.4 Å². The van der Waals surface area contributed by atoms with Crippen LogP contribution in [0.25, 0.3) is 0 Å². The number of aliphatic carboxylic acids is 1. The summed E-state index contributed by atoms with van der Waals surface area (Å²) in [6.07, 6.45) is -1.78. The second kappa shape index (κ2) is 11.0. The molecule has 0 saturated heterocycles. The van der Waals surface area contributed by atoms with Gasteiger partial charge in [-0.05, 0) is 42.2 Å². The number of benzene rings is 1. The molecule has 0 saturated carbocycles. The second-order valence-electron chi connectivity index (χ2n) is 7.12. The molecule has 9 heteroatoms. The first-order valence-electron chi connectivity index (χ1n) is 9.51. The molecule has 1 aromatic carbocycles. The van der Waals surface area contributed by atoms with Gasteiger partial charge in [0, 0.05) is 51.8 Å². The second-order valence-corrected chi connectivity index (χ2v) is 7.12. The third-order valence-corrected chi connectivity index (χ3v) is 4.82. The van der Waals surface area contributed by atoms with Crippen molar-refractivity contribution in [2.75, 3.05) is 27.4 Å². The first kappa shape index (κ1) is 23.8. The molecule has 166 valence electrons. The van der Waals surface area contributed by atoms with Crippen molar-refractivity contribution in [2.45, 2.75) is 32.2 Å². The first-order chi connectivity index (χ1) is 14.2. The molecule has 1 unspecified atom stereocenters. The predicted octanol–water partition coefficient (Wildman–Crippen LogP) is 3.80. The third-order valence-electron chi connectivity index (χ3n) is 4.82. The zero-order valence-corrected chi connectivity index (χ0v) is 17.1. The normalized spacial score (nSPS) is 16.8. The lowest BCUT2D eigenvalue weighted by Gasteiger charge is -2.24. The zero-order valence-electron chi connectivity index (χ0n) is 17.1. The molecule has 0 fully saturated rings. The molecule has 2 heterocycles. The first-order valence-corrected chi connectivity index (χ1v) is 9.51. The fraction of sp³-hybridized carbons (Fsp3) is 0.476. The van der Waals surface area contributed by atoms with Crippen molar-refractivity contribution in [1.29, 1.82) is 0 Å². The Labute approximate surface area is 173 Å². The van der Waals surface area contributed by atoms with Crippen LogP contribution in [0.2, 0.25) is 0 Å². The number of halogens is 3. The van der Waals surface area contributed by atoms with Crippen LogP contribution in [0.15, 0.2) is 42.6 Å². The summed E-state index contributed by atoms with van der Waals surface area (Å²) in [5.41, 5.74) is 2.73. The molecular weight excluding hydrogens is 401 g/mol. The molecule has 1 aromatic heterocycles. The molecule has 0 amide bonds. The van der Waals surface area contributed by atoms with Crippen molar-refractivity contribution in [2.24, 2.45) is 5.92 Å². The van der Waals surface area contributed by atoms with Gasteiger partial charge in [0.1, 0.15) is 5.75 Å². The molecule has 0 aliphatic carbocycles. The van der Waals surface area contributed by atoms with E-state index in [0.29, 0.717) is 5.92 Å². The summed E-state index contributed by atoms with van der Waals surface area (Å²) in [7, 11) is 3.49. The van der Waals surface area contributed by atoms with E-state index in [1.807, 2.05) is 12.1 Å². The molecule has 0 bridgehead atoms. The predicted molar refractivity (Wildman–Crippen MR) is 105 cm³/mol. The maximum absolute atomic E-state index is 10.6. The highest BCUT2D eigenvalue weighted by atomic mass is 19.4. The maximum atomic E-state index is 10.6. The van der Waals surface area contributed by atoms with Gasteiger partial charge in [0.05, 0.1) is 7.11 Å². The van der Waals surface area contributed by atoms with E-state index < -0.39 is 12.1 Å². The smallest absolute Gasteiger partial charge is 0.490 e. The van der Waals surface area contributed by atoms with Crippen LogP contribution in [0.1, 0.15) is 17.7 Å². The fourth-order valence-corrected chi connectivity index (χ4v) is 3.34. The molecule has 30 heavy (non-hydrogen) atoms. The summed E-state index contributed by atoms with van der Waals surface area (Å²) in [5, 5.41) is 7.12. The molecule has 3 rings (SSSR count). The standard InChI is InChI=1S/C19H26N2O2.C2HF3O2/c1-22-11-9-17-13-20(15-18-4-3-10-21(18)14-17)12-16-5-7-19(23-2)8-6-16;3-2(4,5)1(6)7/h3-8,10,17H,9,11-15H2,1-2H3;(H,6,7). The summed E-state index contributed by atoms with van der Waals surface area (Å²) in [6, 6.07) is 12.8.